The molecule has 7 heteroatoms. The van der Waals surface area contributed by atoms with Crippen molar-refractivity contribution >= 4 is 162 Å². The van der Waals surface area contributed by atoms with Crippen LogP contribution in [0.25, 0.3) is 121 Å². The summed E-state index contributed by atoms with van der Waals surface area (Å²) in [6.45, 7) is 0.0173. The number of aromatic nitrogens is 4. The Morgan fingerprint density at radius 3 is 0.949 bits per heavy atom. The Bertz CT molecular complexity index is 5240. The van der Waals surface area contributed by atoms with Crippen molar-refractivity contribution < 1.29 is 0 Å². The predicted octanol–water partition coefficient (Wildman–Crippen LogP) is 9.72. The SMILES string of the molecule is c1ccc([Si]2(c3ccccc3)c3cc4c(cc3-c3cc5c(cc32)-n2c3ccccc3c3cc6c7ccccc7n7c6c(c32)B5c2ccccc2-7)B2c3ccccc3-n3c5ccccc5c5cc6c7ccccc7n-4c6c2c53)cc1. The Morgan fingerprint density at radius 1 is 0.253 bits per heavy atom. The lowest BCUT2D eigenvalue weighted by molar-refractivity contribution is 1.17. The second-order valence-corrected chi connectivity index (χ2v) is 26.7. The van der Waals surface area contributed by atoms with Crippen molar-refractivity contribution in [3.05, 3.63) is 243 Å². The van der Waals surface area contributed by atoms with E-state index >= 15 is 0 Å². The Morgan fingerprint density at radius 2 is 0.570 bits per heavy atom. The fourth-order valence-corrected chi connectivity index (χ4v) is 22.2. The van der Waals surface area contributed by atoms with Crippen LogP contribution in [-0.4, -0.2) is 39.8 Å². The van der Waals surface area contributed by atoms with Gasteiger partial charge in [-0.15, -0.1) is 0 Å². The minimum absolute atomic E-state index is 0.00865. The van der Waals surface area contributed by atoms with E-state index in [4.69, 9.17) is 0 Å². The molecule has 16 aromatic rings. The van der Waals surface area contributed by atoms with Gasteiger partial charge in [0.1, 0.15) is 0 Å². The first-order chi connectivity index (χ1) is 39.3. The van der Waals surface area contributed by atoms with Crippen LogP contribution in [0.3, 0.4) is 0 Å². The van der Waals surface area contributed by atoms with Crippen molar-refractivity contribution in [2.75, 3.05) is 0 Å². The van der Waals surface area contributed by atoms with Gasteiger partial charge in [0.05, 0.1) is 44.1 Å². The summed E-state index contributed by atoms with van der Waals surface area (Å²) in [5, 5.41) is 16.2. The van der Waals surface area contributed by atoms with E-state index in [2.05, 4.69) is 261 Å². The van der Waals surface area contributed by atoms with Gasteiger partial charge >= 0.3 is 0 Å². The minimum Gasteiger partial charge on any atom is -0.310 e. The summed E-state index contributed by atoms with van der Waals surface area (Å²) in [7, 11) is -3.14. The average molecular weight is 1010 g/mol. The van der Waals surface area contributed by atoms with Gasteiger partial charge in [-0.2, -0.15) is 0 Å². The van der Waals surface area contributed by atoms with Crippen LogP contribution in [0.2, 0.25) is 0 Å². The van der Waals surface area contributed by atoms with Gasteiger partial charge in [-0.1, -0.05) is 182 Å². The zero-order valence-electron chi connectivity index (χ0n) is 42.5. The van der Waals surface area contributed by atoms with E-state index in [1.54, 1.807) is 0 Å². The van der Waals surface area contributed by atoms with Crippen molar-refractivity contribution in [1.29, 1.82) is 0 Å². The fourth-order valence-electron chi connectivity index (χ4n) is 17.0. The molecule has 0 saturated carbocycles. The van der Waals surface area contributed by atoms with Gasteiger partial charge in [-0.25, -0.2) is 0 Å². The van der Waals surface area contributed by atoms with E-state index in [9.17, 15) is 0 Å². The van der Waals surface area contributed by atoms with Crippen LogP contribution in [0.1, 0.15) is 0 Å². The zero-order chi connectivity index (χ0) is 50.7. The third-order valence-electron chi connectivity index (χ3n) is 19.8. The van der Waals surface area contributed by atoms with Crippen LogP contribution in [0.4, 0.5) is 0 Å². The van der Waals surface area contributed by atoms with E-state index < -0.39 is 8.07 Å². The molecule has 0 fully saturated rings. The minimum atomic E-state index is -3.14. The highest BCUT2D eigenvalue weighted by molar-refractivity contribution is 7.22. The number of hydrogen-bond donors (Lipinski definition) is 0. The summed E-state index contributed by atoms with van der Waals surface area (Å²) in [5.41, 5.74) is 26.6. The van der Waals surface area contributed by atoms with Crippen LogP contribution < -0.4 is 53.5 Å². The molecule has 0 atom stereocenters. The Labute approximate surface area is 454 Å². The predicted molar refractivity (Wildman–Crippen MR) is 336 cm³/mol. The Balaban J connectivity index is 0.959. The molecule has 5 aliphatic heterocycles. The van der Waals surface area contributed by atoms with Crippen LogP contribution in [0, 0.1) is 0 Å². The van der Waals surface area contributed by atoms with Crippen molar-refractivity contribution in [2.24, 2.45) is 0 Å². The maximum absolute atomic E-state index is 3.14. The molecule has 5 aliphatic rings. The third-order valence-corrected chi connectivity index (χ3v) is 24.6. The number of para-hydroxylation sites is 6. The molecule has 0 aliphatic carbocycles. The summed E-state index contributed by atoms with van der Waals surface area (Å²) in [6.07, 6.45) is 0. The van der Waals surface area contributed by atoms with Gasteiger partial charge < -0.3 is 18.3 Å². The van der Waals surface area contributed by atoms with Gasteiger partial charge in [0.2, 0.25) is 0 Å². The lowest BCUT2D eigenvalue weighted by Gasteiger charge is -2.36. The molecule has 0 unspecified atom stereocenters. The molecule has 79 heavy (non-hydrogen) atoms. The van der Waals surface area contributed by atoms with Crippen molar-refractivity contribution in [2.45, 2.75) is 0 Å². The van der Waals surface area contributed by atoms with Crippen molar-refractivity contribution in [3.8, 4) is 33.9 Å². The van der Waals surface area contributed by atoms with Gasteiger partial charge in [0.15, 0.2) is 8.07 Å². The second kappa shape index (κ2) is 13.6. The molecule has 9 heterocycles. The van der Waals surface area contributed by atoms with Gasteiger partial charge in [-0.05, 0) is 125 Å². The molecule has 0 saturated heterocycles. The van der Waals surface area contributed by atoms with Crippen LogP contribution >= 0.6 is 0 Å². The molecule has 4 nitrogen and oxygen atoms in total. The summed E-state index contributed by atoms with van der Waals surface area (Å²) in [4.78, 5) is 0. The van der Waals surface area contributed by atoms with Gasteiger partial charge in [0, 0.05) is 65.8 Å². The molecular weight excluding hydrogens is 971 g/mol. The van der Waals surface area contributed by atoms with E-state index in [0.29, 0.717) is 0 Å². The third kappa shape index (κ3) is 4.41. The van der Waals surface area contributed by atoms with E-state index in [1.807, 2.05) is 0 Å². The monoisotopic (exact) mass is 1010 g/mol. The molecule has 0 N–H and O–H groups in total. The van der Waals surface area contributed by atoms with E-state index in [1.165, 1.54) is 175 Å². The molecular formula is C72H40B2N4Si. The molecule has 0 radical (unpaired) electrons. The first kappa shape index (κ1) is 40.4. The largest absolute Gasteiger partial charge is 0.310 e. The molecule has 0 bridgehead atoms. The quantitative estimate of drug-likeness (QED) is 0.154. The molecule has 0 spiro atoms. The zero-order valence-corrected chi connectivity index (χ0v) is 43.5. The highest BCUT2D eigenvalue weighted by Crippen LogP contribution is 2.45. The normalized spacial score (nSPS) is 14.4. The number of nitrogens with zero attached hydrogens (tertiary/aromatic N) is 4. The highest BCUT2D eigenvalue weighted by Gasteiger charge is 2.53. The Hall–Kier alpha value is -9.81. The first-order valence-corrected chi connectivity index (χ1v) is 29.9. The maximum Gasteiger partial charge on any atom is 0.252 e. The second-order valence-electron chi connectivity index (χ2n) is 23.0. The lowest BCUT2D eigenvalue weighted by Crippen LogP contribution is -2.73. The number of benzene rings is 12. The summed E-state index contributed by atoms with van der Waals surface area (Å²) < 4.78 is 10.6. The van der Waals surface area contributed by atoms with E-state index in [0.717, 1.165) is 0 Å². The smallest absolute Gasteiger partial charge is 0.252 e. The molecule has 4 aromatic heterocycles. The number of hydrogen-bond acceptors (Lipinski definition) is 0. The lowest BCUT2D eigenvalue weighted by atomic mass is 9.34. The van der Waals surface area contributed by atoms with Gasteiger partial charge in [-0.3, -0.25) is 0 Å². The standard InChI is InChI=1S/C72H40B2N4Si/c1-3-19-41(20-4-1)79(42-21-5-2-6-22-42)65-39-63-55(73-53-27-11-17-33-61(53)75-57-29-13-7-23-43(57)49-35-51-45-25-9-15-31-59(45)77(63)71(51)67(73)69(49)75)37-47(65)48-38-56-64(40-66(48)79)78-60-32-16-10-26-46(60)52-36-50-44-24-8-14-30-58(44)76-62-34-18-12-28-54(62)74(56)68(70(50)76)72(52)78/h1-40H. The molecule has 12 aromatic carbocycles. The number of fused-ring (bicyclic) bond motifs is 27. The first-order valence-electron chi connectivity index (χ1n) is 27.9. The molecule has 21 rings (SSSR count). The summed E-state index contributed by atoms with van der Waals surface area (Å²) in [5.74, 6) is 0. The fraction of sp³-hybridized carbons (Fsp3) is 0. The van der Waals surface area contributed by atoms with Crippen molar-refractivity contribution in [1.82, 2.24) is 18.3 Å². The van der Waals surface area contributed by atoms with Crippen LogP contribution in [0.15, 0.2) is 243 Å². The molecule has 0 amide bonds. The van der Waals surface area contributed by atoms with E-state index in [-0.39, 0.29) is 13.4 Å². The maximum atomic E-state index is 2.72. The topological polar surface area (TPSA) is 19.7 Å². The molecule has 358 valence electrons. The summed E-state index contributed by atoms with van der Waals surface area (Å²) in [6, 6.07) is 94.4. The van der Waals surface area contributed by atoms with Crippen molar-refractivity contribution in [3.63, 3.8) is 0 Å². The van der Waals surface area contributed by atoms with Gasteiger partial charge in [0.25, 0.3) is 13.4 Å². The summed E-state index contributed by atoms with van der Waals surface area (Å²) >= 11 is 0. The Kier molecular flexibility index (Phi) is 6.99. The number of rotatable bonds is 2. The average Bonchev–Trinajstić information content (AvgIpc) is 4.00. The van der Waals surface area contributed by atoms with Crippen LogP contribution in [-0.2, 0) is 0 Å². The van der Waals surface area contributed by atoms with Crippen LogP contribution in [0.5, 0.6) is 0 Å². The highest BCUT2D eigenvalue weighted by atomic mass is 28.3.